The molecule has 6 nitrogen and oxygen atoms in total. The first kappa shape index (κ1) is 16.7. The average Bonchev–Trinajstić information content (AvgIpc) is 2.45. The van der Waals surface area contributed by atoms with Crippen LogP contribution >= 0.6 is 11.6 Å². The molecule has 0 bridgehead atoms. The summed E-state index contributed by atoms with van der Waals surface area (Å²) in [6.07, 6.45) is 2.18. The van der Waals surface area contributed by atoms with Gasteiger partial charge in [-0.2, -0.15) is 0 Å². The molecule has 0 unspecified atom stereocenters. The van der Waals surface area contributed by atoms with Crippen molar-refractivity contribution in [3.05, 3.63) is 22.8 Å². The van der Waals surface area contributed by atoms with Crippen LogP contribution in [0.1, 0.15) is 16.8 Å². The number of rotatable bonds is 8. The second-order valence-corrected chi connectivity index (χ2v) is 4.63. The molecule has 0 radical (unpaired) electrons. The molecule has 0 atom stereocenters. The SMILES string of the molecule is COCCCN(CCOC)C(=O)c1cnc(N)c(Cl)c1. The molecule has 1 rings (SSSR count). The number of methoxy groups -OCH3 is 2. The number of nitrogens with two attached hydrogens (primary N) is 1. The number of halogens is 1. The molecule has 0 aromatic carbocycles. The van der Waals surface area contributed by atoms with Crippen molar-refractivity contribution in [3.63, 3.8) is 0 Å². The highest BCUT2D eigenvalue weighted by atomic mass is 35.5. The first-order valence-electron chi connectivity index (χ1n) is 6.28. The quantitative estimate of drug-likeness (QED) is 0.735. The third kappa shape index (κ3) is 4.96. The summed E-state index contributed by atoms with van der Waals surface area (Å²) in [5, 5.41) is 0.277. The normalized spacial score (nSPS) is 10.6. The average molecular weight is 302 g/mol. The lowest BCUT2D eigenvalue weighted by Crippen LogP contribution is -2.35. The van der Waals surface area contributed by atoms with Crippen molar-refractivity contribution >= 4 is 23.3 Å². The monoisotopic (exact) mass is 301 g/mol. The highest BCUT2D eigenvalue weighted by Crippen LogP contribution is 2.18. The van der Waals surface area contributed by atoms with Gasteiger partial charge in [-0.1, -0.05) is 11.6 Å². The number of nitrogens with zero attached hydrogens (tertiary/aromatic N) is 2. The summed E-state index contributed by atoms with van der Waals surface area (Å²) in [4.78, 5) is 18.0. The molecule has 0 spiro atoms. The van der Waals surface area contributed by atoms with Gasteiger partial charge < -0.3 is 20.1 Å². The second-order valence-electron chi connectivity index (χ2n) is 4.22. The van der Waals surface area contributed by atoms with E-state index in [4.69, 9.17) is 26.8 Å². The van der Waals surface area contributed by atoms with Crippen LogP contribution in [-0.4, -0.2) is 56.3 Å². The van der Waals surface area contributed by atoms with Crippen LogP contribution in [0.15, 0.2) is 12.3 Å². The number of nitrogen functional groups attached to an aromatic ring is 1. The minimum absolute atomic E-state index is 0.146. The van der Waals surface area contributed by atoms with Crippen LogP contribution in [-0.2, 0) is 9.47 Å². The Kier molecular flexibility index (Phi) is 7.28. The van der Waals surface area contributed by atoms with Gasteiger partial charge >= 0.3 is 0 Å². The molecule has 0 aliphatic heterocycles. The van der Waals surface area contributed by atoms with E-state index >= 15 is 0 Å². The van der Waals surface area contributed by atoms with E-state index in [1.165, 1.54) is 12.3 Å². The van der Waals surface area contributed by atoms with Gasteiger partial charge in [0.05, 0.1) is 17.2 Å². The molecular formula is C13H20ClN3O3. The zero-order valence-corrected chi connectivity index (χ0v) is 12.5. The van der Waals surface area contributed by atoms with E-state index in [0.717, 1.165) is 6.42 Å². The summed E-state index contributed by atoms with van der Waals surface area (Å²) in [5.74, 6) is 0.0681. The van der Waals surface area contributed by atoms with E-state index in [1.54, 1.807) is 19.1 Å². The van der Waals surface area contributed by atoms with Gasteiger partial charge in [-0.25, -0.2) is 4.98 Å². The first-order chi connectivity index (χ1) is 9.60. The van der Waals surface area contributed by atoms with Crippen molar-refractivity contribution in [1.29, 1.82) is 0 Å². The van der Waals surface area contributed by atoms with E-state index in [1.807, 2.05) is 0 Å². The predicted molar refractivity (Wildman–Crippen MR) is 77.9 cm³/mol. The third-order valence-corrected chi connectivity index (χ3v) is 3.05. The minimum atomic E-state index is -0.146. The number of amides is 1. The topological polar surface area (TPSA) is 77.7 Å². The standard InChI is InChI=1S/C13H20ClN3O3/c1-19-6-3-4-17(5-7-20-2)13(18)10-8-11(14)12(15)16-9-10/h8-9H,3-7H2,1-2H3,(H2,15,16). The summed E-state index contributed by atoms with van der Waals surface area (Å²) >= 11 is 5.89. The van der Waals surface area contributed by atoms with Crippen molar-refractivity contribution in [2.75, 3.05) is 46.3 Å². The van der Waals surface area contributed by atoms with Gasteiger partial charge in [0.1, 0.15) is 5.82 Å². The van der Waals surface area contributed by atoms with Crippen molar-refractivity contribution in [2.45, 2.75) is 6.42 Å². The Morgan fingerprint density at radius 3 is 2.65 bits per heavy atom. The summed E-state index contributed by atoms with van der Waals surface area (Å²) in [6, 6.07) is 1.53. The number of hydrogen-bond acceptors (Lipinski definition) is 5. The molecule has 0 fully saturated rings. The Morgan fingerprint density at radius 2 is 2.05 bits per heavy atom. The molecule has 0 aliphatic rings. The molecule has 1 aromatic rings. The van der Waals surface area contributed by atoms with E-state index in [-0.39, 0.29) is 16.7 Å². The van der Waals surface area contributed by atoms with E-state index < -0.39 is 0 Å². The molecule has 0 aliphatic carbocycles. The van der Waals surface area contributed by atoms with Crippen LogP contribution in [0, 0.1) is 0 Å². The number of ether oxygens (including phenoxy) is 2. The fraction of sp³-hybridized carbons (Fsp3) is 0.538. The summed E-state index contributed by atoms with van der Waals surface area (Å²) in [5.41, 5.74) is 5.95. The van der Waals surface area contributed by atoms with Crippen LogP contribution in [0.3, 0.4) is 0 Å². The summed E-state index contributed by atoms with van der Waals surface area (Å²) in [7, 11) is 3.23. The lowest BCUT2D eigenvalue weighted by Gasteiger charge is -2.22. The van der Waals surface area contributed by atoms with Gasteiger partial charge in [-0.15, -0.1) is 0 Å². The molecule has 0 saturated heterocycles. The maximum Gasteiger partial charge on any atom is 0.255 e. The van der Waals surface area contributed by atoms with Gasteiger partial charge in [0.15, 0.2) is 0 Å². The molecule has 1 aromatic heterocycles. The predicted octanol–water partition coefficient (Wildman–Crippen LogP) is 1.44. The summed E-state index contributed by atoms with van der Waals surface area (Å²) in [6.45, 7) is 2.14. The van der Waals surface area contributed by atoms with Crippen LogP contribution in [0.5, 0.6) is 0 Å². The maximum absolute atomic E-state index is 12.4. The van der Waals surface area contributed by atoms with Crippen LogP contribution in [0.2, 0.25) is 5.02 Å². The fourth-order valence-electron chi connectivity index (χ4n) is 1.66. The molecule has 0 saturated carbocycles. The maximum atomic E-state index is 12.4. The summed E-state index contributed by atoms with van der Waals surface area (Å²) < 4.78 is 10.0. The number of carbonyl (C=O) groups is 1. The fourth-order valence-corrected chi connectivity index (χ4v) is 1.83. The van der Waals surface area contributed by atoms with Crippen molar-refractivity contribution in [3.8, 4) is 0 Å². The van der Waals surface area contributed by atoms with Gasteiger partial charge in [-0.05, 0) is 12.5 Å². The van der Waals surface area contributed by atoms with Crippen molar-refractivity contribution in [1.82, 2.24) is 9.88 Å². The molecular weight excluding hydrogens is 282 g/mol. The highest BCUT2D eigenvalue weighted by molar-refractivity contribution is 6.33. The number of hydrogen-bond donors (Lipinski definition) is 1. The lowest BCUT2D eigenvalue weighted by atomic mass is 10.2. The Bertz CT molecular complexity index is 443. The number of pyridine rings is 1. The highest BCUT2D eigenvalue weighted by Gasteiger charge is 2.16. The largest absolute Gasteiger partial charge is 0.385 e. The van der Waals surface area contributed by atoms with Crippen molar-refractivity contribution in [2.24, 2.45) is 0 Å². The van der Waals surface area contributed by atoms with Crippen molar-refractivity contribution < 1.29 is 14.3 Å². The Labute approximate surface area is 123 Å². The van der Waals surface area contributed by atoms with Gasteiger partial charge in [0.2, 0.25) is 0 Å². The smallest absolute Gasteiger partial charge is 0.255 e. The molecule has 2 N–H and O–H groups in total. The van der Waals surface area contributed by atoms with Gasteiger partial charge in [-0.3, -0.25) is 4.79 Å². The molecule has 1 heterocycles. The molecule has 7 heteroatoms. The Morgan fingerprint density at radius 1 is 1.35 bits per heavy atom. The number of aromatic nitrogens is 1. The zero-order chi connectivity index (χ0) is 15.0. The van der Waals surface area contributed by atoms with Gasteiger partial charge in [0.25, 0.3) is 5.91 Å². The second kappa shape index (κ2) is 8.73. The third-order valence-electron chi connectivity index (χ3n) is 2.75. The lowest BCUT2D eigenvalue weighted by molar-refractivity contribution is 0.0674. The zero-order valence-electron chi connectivity index (χ0n) is 11.8. The van der Waals surface area contributed by atoms with E-state index in [2.05, 4.69) is 4.98 Å². The minimum Gasteiger partial charge on any atom is -0.385 e. The molecule has 1 amide bonds. The first-order valence-corrected chi connectivity index (χ1v) is 6.66. The van der Waals surface area contributed by atoms with Crippen LogP contribution < -0.4 is 5.73 Å². The van der Waals surface area contributed by atoms with Crippen LogP contribution in [0.25, 0.3) is 0 Å². The van der Waals surface area contributed by atoms with E-state index in [9.17, 15) is 4.79 Å². The van der Waals surface area contributed by atoms with Gasteiger partial charge in [0, 0.05) is 40.1 Å². The number of carbonyl (C=O) groups excluding carboxylic acids is 1. The number of anilines is 1. The van der Waals surface area contributed by atoms with Crippen LogP contribution in [0.4, 0.5) is 5.82 Å². The molecule has 20 heavy (non-hydrogen) atoms. The Balaban J connectivity index is 2.76. The molecule has 112 valence electrons. The Hall–Kier alpha value is -1.37. The van der Waals surface area contributed by atoms with E-state index in [0.29, 0.717) is 31.9 Å².